The van der Waals surface area contributed by atoms with Crippen LogP contribution in [-0.2, 0) is 24.0 Å². The normalized spacial score (nSPS) is 15.2. The van der Waals surface area contributed by atoms with E-state index in [0.29, 0.717) is 19.4 Å². The molecule has 0 saturated heterocycles. The van der Waals surface area contributed by atoms with E-state index in [-0.39, 0.29) is 18.3 Å². The average molecular weight is 473 g/mol. The SMILES string of the molecule is CCC(C)C(NC(=O)C(N)CCCN=C(N)N)C(=O)NC(C)C(=O)NC(CC(N)=O)C(=O)O. The molecular weight excluding hydrogens is 436 g/mol. The number of hydrogen-bond acceptors (Lipinski definition) is 7. The van der Waals surface area contributed by atoms with Crippen LogP contribution < -0.4 is 38.9 Å². The highest BCUT2D eigenvalue weighted by atomic mass is 16.4. The van der Waals surface area contributed by atoms with Crippen LogP contribution in [0.15, 0.2) is 4.99 Å². The summed E-state index contributed by atoms with van der Waals surface area (Å²) in [4.78, 5) is 63.5. The minimum absolute atomic E-state index is 0.0658. The third-order valence-electron chi connectivity index (χ3n) is 4.87. The Kier molecular flexibility index (Phi) is 13.1. The first-order valence-corrected chi connectivity index (χ1v) is 10.5. The number of primary amides is 1. The largest absolute Gasteiger partial charge is 0.480 e. The number of carbonyl (C=O) groups excluding carboxylic acids is 4. The zero-order valence-electron chi connectivity index (χ0n) is 19.2. The van der Waals surface area contributed by atoms with Gasteiger partial charge in [0.15, 0.2) is 5.96 Å². The number of aliphatic imine (C=N–C) groups is 1. The highest BCUT2D eigenvalue weighted by Crippen LogP contribution is 2.09. The lowest BCUT2D eigenvalue weighted by Crippen LogP contribution is -2.58. The molecular formula is C19H36N8O6. The van der Waals surface area contributed by atoms with Gasteiger partial charge in [0, 0.05) is 6.54 Å². The van der Waals surface area contributed by atoms with Crippen molar-refractivity contribution >= 4 is 35.6 Å². The van der Waals surface area contributed by atoms with Gasteiger partial charge in [-0.3, -0.25) is 24.2 Å². The third-order valence-corrected chi connectivity index (χ3v) is 4.87. The minimum atomic E-state index is -1.53. The van der Waals surface area contributed by atoms with Crippen LogP contribution in [0.3, 0.4) is 0 Å². The van der Waals surface area contributed by atoms with E-state index in [1.54, 1.807) is 6.92 Å². The predicted molar refractivity (Wildman–Crippen MR) is 120 cm³/mol. The number of nitrogens with two attached hydrogens (primary N) is 4. The van der Waals surface area contributed by atoms with E-state index < -0.39 is 60.2 Å². The van der Waals surface area contributed by atoms with Crippen molar-refractivity contribution in [3.8, 4) is 0 Å². The van der Waals surface area contributed by atoms with Crippen LogP contribution in [0.4, 0.5) is 0 Å². The van der Waals surface area contributed by atoms with Gasteiger partial charge in [-0.15, -0.1) is 0 Å². The second kappa shape index (κ2) is 14.6. The molecule has 14 heteroatoms. The molecule has 0 aromatic heterocycles. The molecule has 0 fully saturated rings. The lowest BCUT2D eigenvalue weighted by molar-refractivity contribution is -0.143. The second-order valence-corrected chi connectivity index (χ2v) is 7.73. The standard InChI is InChI=1S/C19H36N8O6/c1-4-9(2)14(27-16(30)11(20)6-5-7-24-19(22)23)17(31)25-10(3)15(29)26-12(18(32)33)8-13(21)28/h9-12,14H,4-8,20H2,1-3H3,(H2,21,28)(H,25,31)(H,26,29)(H,27,30)(H,32,33)(H4,22,23,24). The number of hydrogen-bond donors (Lipinski definition) is 8. The maximum Gasteiger partial charge on any atom is 0.326 e. The smallest absolute Gasteiger partial charge is 0.326 e. The number of nitrogens with one attached hydrogen (secondary N) is 3. The molecule has 0 aromatic carbocycles. The molecule has 33 heavy (non-hydrogen) atoms. The Labute approximate surface area is 192 Å². The molecule has 5 atom stereocenters. The number of amides is 4. The second-order valence-electron chi connectivity index (χ2n) is 7.73. The van der Waals surface area contributed by atoms with Gasteiger partial charge in [0.2, 0.25) is 23.6 Å². The highest BCUT2D eigenvalue weighted by molar-refractivity contribution is 5.94. The van der Waals surface area contributed by atoms with E-state index in [9.17, 15) is 24.0 Å². The molecule has 4 amide bonds. The first kappa shape index (κ1) is 29.6. The van der Waals surface area contributed by atoms with E-state index >= 15 is 0 Å². The molecule has 14 nitrogen and oxygen atoms in total. The molecule has 5 unspecified atom stereocenters. The van der Waals surface area contributed by atoms with Crippen molar-refractivity contribution in [3.05, 3.63) is 0 Å². The summed E-state index contributed by atoms with van der Waals surface area (Å²) in [5.74, 6) is -4.74. The summed E-state index contributed by atoms with van der Waals surface area (Å²) in [6.45, 7) is 5.20. The van der Waals surface area contributed by atoms with E-state index in [4.69, 9.17) is 28.0 Å². The van der Waals surface area contributed by atoms with E-state index in [1.807, 2.05) is 6.92 Å². The van der Waals surface area contributed by atoms with Crippen LogP contribution in [0.2, 0.25) is 0 Å². The monoisotopic (exact) mass is 472 g/mol. The quantitative estimate of drug-likeness (QED) is 0.0678. The van der Waals surface area contributed by atoms with Crippen molar-refractivity contribution in [3.63, 3.8) is 0 Å². The zero-order valence-corrected chi connectivity index (χ0v) is 19.2. The Morgan fingerprint density at radius 3 is 2.03 bits per heavy atom. The van der Waals surface area contributed by atoms with Gasteiger partial charge in [-0.25, -0.2) is 4.79 Å². The van der Waals surface area contributed by atoms with Crippen LogP contribution in [-0.4, -0.2) is 71.4 Å². The summed E-state index contributed by atoms with van der Waals surface area (Å²) in [6.07, 6.45) is 0.680. The Bertz CT molecular complexity index is 740. The molecule has 188 valence electrons. The average Bonchev–Trinajstić information content (AvgIpc) is 2.72. The van der Waals surface area contributed by atoms with Gasteiger partial charge < -0.3 is 44.0 Å². The van der Waals surface area contributed by atoms with Crippen molar-refractivity contribution in [2.45, 2.75) is 70.6 Å². The molecule has 0 aliphatic heterocycles. The minimum Gasteiger partial charge on any atom is -0.480 e. The van der Waals surface area contributed by atoms with E-state index in [2.05, 4.69) is 20.9 Å². The van der Waals surface area contributed by atoms with E-state index in [0.717, 1.165) is 0 Å². The van der Waals surface area contributed by atoms with Gasteiger partial charge in [0.05, 0.1) is 12.5 Å². The van der Waals surface area contributed by atoms with Gasteiger partial charge in [-0.1, -0.05) is 20.3 Å². The van der Waals surface area contributed by atoms with Crippen molar-refractivity contribution in [1.82, 2.24) is 16.0 Å². The molecule has 0 heterocycles. The number of carbonyl (C=O) groups is 5. The van der Waals surface area contributed by atoms with Crippen LogP contribution in [0.1, 0.15) is 46.5 Å². The summed E-state index contributed by atoms with van der Waals surface area (Å²) in [5.41, 5.74) is 21.3. The highest BCUT2D eigenvalue weighted by Gasteiger charge is 2.31. The molecule has 12 N–H and O–H groups in total. The molecule has 0 saturated carbocycles. The van der Waals surface area contributed by atoms with Crippen LogP contribution in [0, 0.1) is 5.92 Å². The Hall–Kier alpha value is -3.42. The Balaban J connectivity index is 5.06. The van der Waals surface area contributed by atoms with Crippen molar-refractivity contribution < 1.29 is 29.1 Å². The van der Waals surface area contributed by atoms with Gasteiger partial charge in [-0.05, 0) is 25.7 Å². The van der Waals surface area contributed by atoms with Crippen LogP contribution in [0.5, 0.6) is 0 Å². The summed E-state index contributed by atoms with van der Waals surface area (Å²) < 4.78 is 0. The molecule has 0 bridgehead atoms. The van der Waals surface area contributed by atoms with E-state index in [1.165, 1.54) is 6.92 Å². The maximum atomic E-state index is 12.8. The first-order chi connectivity index (χ1) is 15.3. The number of guanidine groups is 1. The van der Waals surface area contributed by atoms with Crippen molar-refractivity contribution in [2.24, 2.45) is 33.8 Å². The molecule has 0 spiro atoms. The number of aliphatic carboxylic acids is 1. The topological polar surface area (TPSA) is 258 Å². The van der Waals surface area contributed by atoms with Gasteiger partial charge >= 0.3 is 5.97 Å². The van der Waals surface area contributed by atoms with Gasteiger partial charge in [0.25, 0.3) is 0 Å². The summed E-state index contributed by atoms with van der Waals surface area (Å²) in [7, 11) is 0. The molecule has 0 aliphatic carbocycles. The Morgan fingerprint density at radius 2 is 1.55 bits per heavy atom. The lowest BCUT2D eigenvalue weighted by atomic mass is 9.97. The number of nitrogens with zero attached hydrogens (tertiary/aromatic N) is 1. The van der Waals surface area contributed by atoms with Gasteiger partial charge in [-0.2, -0.15) is 0 Å². The zero-order chi connectivity index (χ0) is 25.7. The predicted octanol–water partition coefficient (Wildman–Crippen LogP) is -3.15. The molecule has 0 rings (SSSR count). The van der Waals surface area contributed by atoms with Gasteiger partial charge in [0.1, 0.15) is 18.1 Å². The van der Waals surface area contributed by atoms with Crippen LogP contribution in [0.25, 0.3) is 0 Å². The molecule has 0 aliphatic rings. The Morgan fingerprint density at radius 1 is 0.939 bits per heavy atom. The first-order valence-electron chi connectivity index (χ1n) is 10.5. The molecule has 0 radical (unpaired) electrons. The summed E-state index contributed by atoms with van der Waals surface area (Å²) in [6, 6.07) is -4.56. The van der Waals surface area contributed by atoms with Crippen molar-refractivity contribution in [2.75, 3.05) is 6.54 Å². The third kappa shape index (κ3) is 11.7. The fraction of sp³-hybridized carbons (Fsp3) is 0.684. The number of carboxylic acid groups (broad SMARTS) is 1. The number of rotatable bonds is 15. The maximum absolute atomic E-state index is 12.8. The number of carboxylic acids is 1. The van der Waals surface area contributed by atoms with Crippen molar-refractivity contribution in [1.29, 1.82) is 0 Å². The fourth-order valence-corrected chi connectivity index (χ4v) is 2.68. The fourth-order valence-electron chi connectivity index (χ4n) is 2.68. The summed E-state index contributed by atoms with van der Waals surface area (Å²) >= 11 is 0. The lowest BCUT2D eigenvalue weighted by Gasteiger charge is -2.26. The molecule has 0 aromatic rings. The van der Waals surface area contributed by atoms with Crippen LogP contribution >= 0.6 is 0 Å². The summed E-state index contributed by atoms with van der Waals surface area (Å²) in [5, 5.41) is 16.3.